The Morgan fingerprint density at radius 3 is 2.27 bits per heavy atom. The molecular formula is C21H38O5. The standard InChI is InChI=1S/C21H38O5/c1-4-6-7-11-14-18(22)17-19(26-20(23)5-2)15-12-9-8-10-13-16-21(24)25-3/h5,18-19,22H,2,4,6-17H2,1,3H3. The number of unbranched alkanes of at least 4 members (excludes halogenated alkanes) is 7. The minimum absolute atomic E-state index is 0.158. The van der Waals surface area contributed by atoms with Gasteiger partial charge in [0.2, 0.25) is 0 Å². The summed E-state index contributed by atoms with van der Waals surface area (Å²) in [6, 6.07) is 0. The van der Waals surface area contributed by atoms with E-state index in [0.717, 1.165) is 57.8 Å². The first-order valence-electron chi connectivity index (χ1n) is 10.1. The molecule has 0 bridgehead atoms. The summed E-state index contributed by atoms with van der Waals surface area (Å²) in [4.78, 5) is 22.5. The minimum atomic E-state index is -0.425. The lowest BCUT2D eigenvalue weighted by molar-refractivity contribution is -0.145. The first-order valence-corrected chi connectivity index (χ1v) is 10.1. The molecule has 0 rings (SSSR count). The summed E-state index contributed by atoms with van der Waals surface area (Å²) in [5.74, 6) is -0.583. The molecule has 0 aliphatic heterocycles. The van der Waals surface area contributed by atoms with Gasteiger partial charge in [-0.15, -0.1) is 0 Å². The molecule has 152 valence electrons. The fourth-order valence-corrected chi connectivity index (χ4v) is 2.94. The van der Waals surface area contributed by atoms with Crippen LogP contribution in [0.3, 0.4) is 0 Å². The van der Waals surface area contributed by atoms with E-state index in [1.165, 1.54) is 26.0 Å². The van der Waals surface area contributed by atoms with E-state index in [1.807, 2.05) is 0 Å². The second-order valence-corrected chi connectivity index (χ2v) is 6.88. The van der Waals surface area contributed by atoms with E-state index in [4.69, 9.17) is 4.74 Å². The topological polar surface area (TPSA) is 72.8 Å². The molecule has 0 aliphatic carbocycles. The van der Waals surface area contributed by atoms with Gasteiger partial charge in [-0.3, -0.25) is 4.79 Å². The summed E-state index contributed by atoms with van der Waals surface area (Å²) < 4.78 is 10.0. The van der Waals surface area contributed by atoms with Crippen LogP contribution < -0.4 is 0 Å². The SMILES string of the molecule is C=CC(=O)OC(CCCCCCCC(=O)OC)CC(O)CCCCCC. The predicted octanol–water partition coefficient (Wildman–Crippen LogP) is 4.71. The lowest BCUT2D eigenvalue weighted by Crippen LogP contribution is -2.23. The summed E-state index contributed by atoms with van der Waals surface area (Å²) in [7, 11) is 1.41. The Bertz CT molecular complexity index is 381. The average Bonchev–Trinajstić information content (AvgIpc) is 2.63. The van der Waals surface area contributed by atoms with Crippen LogP contribution in [0.4, 0.5) is 0 Å². The van der Waals surface area contributed by atoms with Gasteiger partial charge in [0, 0.05) is 18.9 Å². The minimum Gasteiger partial charge on any atom is -0.469 e. The lowest BCUT2D eigenvalue weighted by Gasteiger charge is -2.20. The van der Waals surface area contributed by atoms with Crippen LogP contribution in [0.2, 0.25) is 0 Å². The first-order chi connectivity index (χ1) is 12.5. The van der Waals surface area contributed by atoms with Crippen molar-refractivity contribution in [3.63, 3.8) is 0 Å². The van der Waals surface area contributed by atoms with E-state index >= 15 is 0 Å². The van der Waals surface area contributed by atoms with E-state index in [9.17, 15) is 14.7 Å². The van der Waals surface area contributed by atoms with Gasteiger partial charge in [-0.1, -0.05) is 58.4 Å². The van der Waals surface area contributed by atoms with Crippen LogP contribution >= 0.6 is 0 Å². The fraction of sp³-hybridized carbons (Fsp3) is 0.810. The van der Waals surface area contributed by atoms with Crippen molar-refractivity contribution < 1.29 is 24.2 Å². The number of rotatable bonds is 17. The van der Waals surface area contributed by atoms with E-state index in [1.54, 1.807) is 0 Å². The van der Waals surface area contributed by atoms with Crippen LogP contribution in [0.1, 0.15) is 90.4 Å². The third kappa shape index (κ3) is 14.9. The van der Waals surface area contributed by atoms with Gasteiger partial charge in [-0.25, -0.2) is 4.79 Å². The van der Waals surface area contributed by atoms with Gasteiger partial charge in [-0.05, 0) is 25.7 Å². The second-order valence-electron chi connectivity index (χ2n) is 6.88. The Hall–Kier alpha value is -1.36. The first kappa shape index (κ1) is 24.6. The molecule has 0 aliphatic rings. The number of hydrogen-bond acceptors (Lipinski definition) is 5. The predicted molar refractivity (Wildman–Crippen MR) is 104 cm³/mol. The van der Waals surface area contributed by atoms with Crippen LogP contribution in [0.15, 0.2) is 12.7 Å². The number of methoxy groups -OCH3 is 1. The summed E-state index contributed by atoms with van der Waals surface area (Å²) in [5, 5.41) is 10.2. The number of carbonyl (C=O) groups is 2. The molecule has 0 fully saturated rings. The maximum absolute atomic E-state index is 11.5. The highest BCUT2D eigenvalue weighted by Crippen LogP contribution is 2.17. The molecule has 1 N–H and O–H groups in total. The maximum Gasteiger partial charge on any atom is 0.330 e. The summed E-state index contributed by atoms with van der Waals surface area (Å²) in [6.07, 6.45) is 12.3. The monoisotopic (exact) mass is 370 g/mol. The molecule has 5 nitrogen and oxygen atoms in total. The van der Waals surface area contributed by atoms with Crippen molar-refractivity contribution in [2.75, 3.05) is 7.11 Å². The van der Waals surface area contributed by atoms with Crippen molar-refractivity contribution in [3.8, 4) is 0 Å². The number of aliphatic hydroxyl groups excluding tert-OH is 1. The van der Waals surface area contributed by atoms with E-state index in [0.29, 0.717) is 12.8 Å². The molecule has 0 aromatic carbocycles. The second kappa shape index (κ2) is 17.1. The van der Waals surface area contributed by atoms with Crippen molar-refractivity contribution >= 4 is 11.9 Å². The lowest BCUT2D eigenvalue weighted by atomic mass is 10.00. The zero-order valence-corrected chi connectivity index (χ0v) is 16.7. The molecule has 0 aromatic heterocycles. The molecule has 0 amide bonds. The Balaban J connectivity index is 4.00. The van der Waals surface area contributed by atoms with Crippen LogP contribution in [-0.2, 0) is 19.1 Å². The Kier molecular flexibility index (Phi) is 16.2. The van der Waals surface area contributed by atoms with Crippen LogP contribution in [0, 0.1) is 0 Å². The normalized spacial score (nSPS) is 13.0. The van der Waals surface area contributed by atoms with Crippen molar-refractivity contribution in [2.45, 2.75) is 103 Å². The van der Waals surface area contributed by atoms with Gasteiger partial charge < -0.3 is 14.6 Å². The van der Waals surface area contributed by atoms with Crippen molar-refractivity contribution in [3.05, 3.63) is 12.7 Å². The number of carbonyl (C=O) groups excluding carboxylic acids is 2. The smallest absolute Gasteiger partial charge is 0.330 e. The van der Waals surface area contributed by atoms with Gasteiger partial charge >= 0.3 is 11.9 Å². The third-order valence-electron chi connectivity index (χ3n) is 4.51. The largest absolute Gasteiger partial charge is 0.469 e. The number of ether oxygens (including phenoxy) is 2. The highest BCUT2D eigenvalue weighted by molar-refractivity contribution is 5.81. The van der Waals surface area contributed by atoms with Crippen LogP contribution in [0.25, 0.3) is 0 Å². The third-order valence-corrected chi connectivity index (χ3v) is 4.51. The van der Waals surface area contributed by atoms with Gasteiger partial charge in [0.1, 0.15) is 6.10 Å². The number of esters is 2. The number of aliphatic hydroxyl groups is 1. The van der Waals surface area contributed by atoms with Crippen LogP contribution in [-0.4, -0.2) is 36.4 Å². The molecule has 0 heterocycles. The molecule has 2 atom stereocenters. The van der Waals surface area contributed by atoms with E-state index < -0.39 is 12.1 Å². The maximum atomic E-state index is 11.5. The van der Waals surface area contributed by atoms with Gasteiger partial charge in [-0.2, -0.15) is 0 Å². The van der Waals surface area contributed by atoms with Crippen LogP contribution in [0.5, 0.6) is 0 Å². The molecular weight excluding hydrogens is 332 g/mol. The molecule has 0 saturated carbocycles. The molecule has 0 aromatic rings. The van der Waals surface area contributed by atoms with Gasteiger partial charge in [0.05, 0.1) is 13.2 Å². The van der Waals surface area contributed by atoms with Gasteiger partial charge in [0.15, 0.2) is 0 Å². The van der Waals surface area contributed by atoms with E-state index in [2.05, 4.69) is 18.2 Å². The quantitative estimate of drug-likeness (QED) is 0.228. The molecule has 0 spiro atoms. The van der Waals surface area contributed by atoms with Gasteiger partial charge in [0.25, 0.3) is 0 Å². The van der Waals surface area contributed by atoms with Crippen molar-refractivity contribution in [2.24, 2.45) is 0 Å². The van der Waals surface area contributed by atoms with Crippen molar-refractivity contribution in [1.29, 1.82) is 0 Å². The Morgan fingerprint density at radius 2 is 1.62 bits per heavy atom. The number of hydrogen-bond donors (Lipinski definition) is 1. The molecule has 0 radical (unpaired) electrons. The average molecular weight is 371 g/mol. The van der Waals surface area contributed by atoms with Crippen molar-refractivity contribution in [1.82, 2.24) is 0 Å². The fourth-order valence-electron chi connectivity index (χ4n) is 2.94. The molecule has 2 unspecified atom stereocenters. The summed E-state index contributed by atoms with van der Waals surface area (Å²) in [6.45, 7) is 5.60. The molecule has 5 heteroatoms. The molecule has 26 heavy (non-hydrogen) atoms. The van der Waals surface area contributed by atoms with E-state index in [-0.39, 0.29) is 12.1 Å². The zero-order chi connectivity index (χ0) is 19.6. The molecule has 0 saturated heterocycles. The highest BCUT2D eigenvalue weighted by Gasteiger charge is 2.17. The zero-order valence-electron chi connectivity index (χ0n) is 16.7. The summed E-state index contributed by atoms with van der Waals surface area (Å²) >= 11 is 0. The Morgan fingerprint density at radius 1 is 1.00 bits per heavy atom. The summed E-state index contributed by atoms with van der Waals surface area (Å²) in [5.41, 5.74) is 0. The Labute approximate surface area is 159 Å². The highest BCUT2D eigenvalue weighted by atomic mass is 16.5.